The Balaban J connectivity index is 2.54. The molecule has 88 valence electrons. The van der Waals surface area contributed by atoms with Gasteiger partial charge in [-0.15, -0.1) is 0 Å². The Bertz CT molecular complexity index is 234. The topological polar surface area (TPSA) is 38.8 Å². The number of ether oxygens (including phenoxy) is 2. The Hall–Kier alpha value is -0.770. The van der Waals surface area contributed by atoms with E-state index in [1.54, 1.807) is 12.0 Å². The summed E-state index contributed by atoms with van der Waals surface area (Å²) in [5.41, 5.74) is -0.429. The summed E-state index contributed by atoms with van der Waals surface area (Å²) in [5, 5.41) is 0. The first kappa shape index (κ1) is 12.3. The monoisotopic (exact) mass is 215 g/mol. The zero-order valence-corrected chi connectivity index (χ0v) is 10.2. The Morgan fingerprint density at radius 1 is 1.40 bits per heavy atom. The molecule has 0 aromatic heterocycles. The van der Waals surface area contributed by atoms with E-state index in [0.717, 1.165) is 6.42 Å². The maximum Gasteiger partial charge on any atom is 0.410 e. The van der Waals surface area contributed by atoms with Crippen LogP contribution in [0.15, 0.2) is 0 Å². The van der Waals surface area contributed by atoms with Crippen molar-refractivity contribution in [2.24, 2.45) is 0 Å². The highest BCUT2D eigenvalue weighted by atomic mass is 16.6. The number of hydrogen-bond donors (Lipinski definition) is 0. The largest absolute Gasteiger partial charge is 0.444 e. The summed E-state index contributed by atoms with van der Waals surface area (Å²) in [7, 11) is 1.68. The Morgan fingerprint density at radius 3 is 2.40 bits per heavy atom. The molecule has 4 heteroatoms. The summed E-state index contributed by atoms with van der Waals surface area (Å²) in [6.45, 7) is 8.27. The predicted molar refractivity (Wildman–Crippen MR) is 57.8 cm³/mol. The van der Waals surface area contributed by atoms with Crippen molar-refractivity contribution in [3.8, 4) is 0 Å². The zero-order valence-electron chi connectivity index (χ0n) is 10.2. The molecule has 1 aliphatic rings. The van der Waals surface area contributed by atoms with Crippen LogP contribution in [0.4, 0.5) is 4.79 Å². The summed E-state index contributed by atoms with van der Waals surface area (Å²) in [5.74, 6) is 0. The Labute approximate surface area is 91.5 Å². The molecule has 0 aromatic carbocycles. The van der Waals surface area contributed by atoms with Crippen LogP contribution in [0.5, 0.6) is 0 Å². The molecule has 0 saturated carbocycles. The van der Waals surface area contributed by atoms with E-state index in [2.05, 4.69) is 0 Å². The van der Waals surface area contributed by atoms with Crippen LogP contribution >= 0.6 is 0 Å². The predicted octanol–water partition coefficient (Wildman–Crippen LogP) is 2.03. The highest BCUT2D eigenvalue weighted by molar-refractivity contribution is 5.69. The van der Waals surface area contributed by atoms with E-state index in [1.807, 2.05) is 27.7 Å². The third-order valence-corrected chi connectivity index (χ3v) is 2.50. The molecule has 1 fully saturated rings. The highest BCUT2D eigenvalue weighted by Gasteiger charge is 2.34. The molecule has 0 N–H and O–H groups in total. The van der Waals surface area contributed by atoms with Gasteiger partial charge in [0.2, 0.25) is 0 Å². The third kappa shape index (κ3) is 3.38. The van der Waals surface area contributed by atoms with Gasteiger partial charge in [-0.05, 0) is 34.1 Å². The van der Waals surface area contributed by atoms with Crippen molar-refractivity contribution in [2.45, 2.75) is 51.9 Å². The number of amides is 1. The van der Waals surface area contributed by atoms with Crippen molar-refractivity contribution in [3.05, 3.63) is 0 Å². The van der Waals surface area contributed by atoms with E-state index in [0.29, 0.717) is 6.54 Å². The normalized spacial score (nSPS) is 26.9. The van der Waals surface area contributed by atoms with Crippen LogP contribution in [-0.2, 0) is 9.47 Å². The molecule has 2 unspecified atom stereocenters. The van der Waals surface area contributed by atoms with Gasteiger partial charge in [0, 0.05) is 13.2 Å². The van der Waals surface area contributed by atoms with Gasteiger partial charge in [0.25, 0.3) is 0 Å². The van der Waals surface area contributed by atoms with E-state index < -0.39 is 5.60 Å². The number of likely N-dealkylation sites (tertiary alicyclic amines) is 1. The second-order valence-corrected chi connectivity index (χ2v) is 5.08. The summed E-state index contributed by atoms with van der Waals surface area (Å²) >= 11 is 0. The summed E-state index contributed by atoms with van der Waals surface area (Å²) in [6, 6.07) is 0.199. The molecule has 0 spiro atoms. The van der Waals surface area contributed by atoms with E-state index in [9.17, 15) is 4.79 Å². The molecule has 1 aliphatic heterocycles. The average molecular weight is 215 g/mol. The lowest BCUT2D eigenvalue weighted by Crippen LogP contribution is -2.39. The van der Waals surface area contributed by atoms with Gasteiger partial charge in [0.05, 0.1) is 12.6 Å². The maximum absolute atomic E-state index is 11.8. The van der Waals surface area contributed by atoms with Crippen LogP contribution < -0.4 is 0 Å². The second kappa shape index (κ2) is 4.39. The SMILES string of the molecule is COC1CC(C)N(C(=O)OC(C)(C)C)C1. The molecular weight excluding hydrogens is 194 g/mol. The molecule has 2 atom stereocenters. The van der Waals surface area contributed by atoms with E-state index in [4.69, 9.17) is 9.47 Å². The fourth-order valence-corrected chi connectivity index (χ4v) is 1.73. The van der Waals surface area contributed by atoms with Crippen molar-refractivity contribution >= 4 is 6.09 Å². The van der Waals surface area contributed by atoms with Crippen molar-refractivity contribution < 1.29 is 14.3 Å². The first-order valence-corrected chi connectivity index (χ1v) is 5.36. The van der Waals surface area contributed by atoms with Crippen molar-refractivity contribution in [2.75, 3.05) is 13.7 Å². The first-order valence-electron chi connectivity index (χ1n) is 5.36. The van der Waals surface area contributed by atoms with Crippen LogP contribution in [-0.4, -0.2) is 42.4 Å². The number of carbonyl (C=O) groups is 1. The van der Waals surface area contributed by atoms with Crippen molar-refractivity contribution in [3.63, 3.8) is 0 Å². The molecule has 1 saturated heterocycles. The fourth-order valence-electron chi connectivity index (χ4n) is 1.73. The second-order valence-electron chi connectivity index (χ2n) is 5.08. The van der Waals surface area contributed by atoms with Gasteiger partial charge >= 0.3 is 6.09 Å². The van der Waals surface area contributed by atoms with Crippen LogP contribution in [0.3, 0.4) is 0 Å². The molecule has 0 aromatic rings. The van der Waals surface area contributed by atoms with Crippen LogP contribution in [0.25, 0.3) is 0 Å². The number of methoxy groups -OCH3 is 1. The number of nitrogens with zero attached hydrogens (tertiary/aromatic N) is 1. The van der Waals surface area contributed by atoms with Gasteiger partial charge in [-0.1, -0.05) is 0 Å². The van der Waals surface area contributed by atoms with Crippen molar-refractivity contribution in [1.82, 2.24) is 4.90 Å². The maximum atomic E-state index is 11.8. The molecule has 1 rings (SSSR count). The lowest BCUT2D eigenvalue weighted by Gasteiger charge is -2.26. The minimum absolute atomic E-state index is 0.146. The number of carbonyl (C=O) groups excluding carboxylic acids is 1. The highest BCUT2D eigenvalue weighted by Crippen LogP contribution is 2.22. The minimum atomic E-state index is -0.429. The van der Waals surface area contributed by atoms with Gasteiger partial charge in [0.1, 0.15) is 5.60 Å². The number of hydrogen-bond acceptors (Lipinski definition) is 3. The molecule has 1 heterocycles. The van der Waals surface area contributed by atoms with E-state index >= 15 is 0 Å². The fraction of sp³-hybridized carbons (Fsp3) is 0.909. The van der Waals surface area contributed by atoms with E-state index in [-0.39, 0.29) is 18.2 Å². The molecule has 0 aliphatic carbocycles. The summed E-state index contributed by atoms with van der Waals surface area (Å²) in [4.78, 5) is 13.5. The number of rotatable bonds is 1. The van der Waals surface area contributed by atoms with Crippen LogP contribution in [0.2, 0.25) is 0 Å². The van der Waals surface area contributed by atoms with E-state index in [1.165, 1.54) is 0 Å². The molecule has 4 nitrogen and oxygen atoms in total. The third-order valence-electron chi connectivity index (χ3n) is 2.50. The Morgan fingerprint density at radius 2 is 2.00 bits per heavy atom. The zero-order chi connectivity index (χ0) is 11.6. The molecule has 0 radical (unpaired) electrons. The smallest absolute Gasteiger partial charge is 0.410 e. The van der Waals surface area contributed by atoms with Gasteiger partial charge in [-0.2, -0.15) is 0 Å². The van der Waals surface area contributed by atoms with Crippen LogP contribution in [0, 0.1) is 0 Å². The van der Waals surface area contributed by atoms with Crippen molar-refractivity contribution in [1.29, 1.82) is 0 Å². The minimum Gasteiger partial charge on any atom is -0.444 e. The average Bonchev–Trinajstić information content (AvgIpc) is 2.43. The summed E-state index contributed by atoms with van der Waals surface area (Å²) in [6.07, 6.45) is 0.789. The van der Waals surface area contributed by atoms with Gasteiger partial charge in [-0.25, -0.2) is 4.79 Å². The van der Waals surface area contributed by atoms with Gasteiger partial charge in [-0.3, -0.25) is 0 Å². The first-order chi connectivity index (χ1) is 6.83. The summed E-state index contributed by atoms with van der Waals surface area (Å²) < 4.78 is 10.6. The Kier molecular flexibility index (Phi) is 3.60. The quantitative estimate of drug-likeness (QED) is 0.671. The van der Waals surface area contributed by atoms with Gasteiger partial charge in [0.15, 0.2) is 0 Å². The molecule has 1 amide bonds. The standard InChI is InChI=1S/C11H21NO3/c1-8-6-9(14-5)7-12(8)10(13)15-11(2,3)4/h8-9H,6-7H2,1-5H3. The molecule has 15 heavy (non-hydrogen) atoms. The molecular formula is C11H21NO3. The molecule has 0 bridgehead atoms. The lowest BCUT2D eigenvalue weighted by atomic mass is 10.2. The van der Waals surface area contributed by atoms with Crippen LogP contribution in [0.1, 0.15) is 34.1 Å². The lowest BCUT2D eigenvalue weighted by molar-refractivity contribution is 0.0207. The van der Waals surface area contributed by atoms with Gasteiger partial charge < -0.3 is 14.4 Å².